The molecule has 0 radical (unpaired) electrons. The maximum atomic E-state index is 4.38. The van der Waals surface area contributed by atoms with Crippen LogP contribution in [-0.2, 0) is 6.54 Å². The Morgan fingerprint density at radius 3 is 2.89 bits per heavy atom. The number of hydrogen-bond donors (Lipinski definition) is 1. The summed E-state index contributed by atoms with van der Waals surface area (Å²) in [6.07, 6.45) is 4.47. The fourth-order valence-corrected chi connectivity index (χ4v) is 3.29. The van der Waals surface area contributed by atoms with Gasteiger partial charge in [0.05, 0.1) is 0 Å². The minimum absolute atomic E-state index is 0.733. The molecule has 0 atom stereocenters. The molecule has 2 nitrogen and oxygen atoms in total. The topological polar surface area (TPSA) is 24.9 Å². The molecule has 0 bridgehead atoms. The van der Waals surface area contributed by atoms with Crippen molar-refractivity contribution in [1.29, 1.82) is 0 Å². The number of nitrogens with one attached hydrogen (secondary N) is 1. The number of pyridine rings is 1. The first-order valence-electron chi connectivity index (χ1n) is 6.42. The monoisotopic (exact) mass is 334 g/mol. The van der Waals surface area contributed by atoms with E-state index in [0.717, 1.165) is 22.1 Å². The molecule has 0 spiro atoms. The van der Waals surface area contributed by atoms with Gasteiger partial charge in [-0.2, -0.15) is 0 Å². The van der Waals surface area contributed by atoms with Gasteiger partial charge in [0.25, 0.3) is 0 Å². The van der Waals surface area contributed by atoms with Gasteiger partial charge in [-0.15, -0.1) is 0 Å². The van der Waals surface area contributed by atoms with Gasteiger partial charge in [0.15, 0.2) is 0 Å². The van der Waals surface area contributed by atoms with Crippen molar-refractivity contribution in [2.24, 2.45) is 0 Å². The molecule has 0 aliphatic heterocycles. The molecule has 0 saturated heterocycles. The molecular weight excluding hydrogens is 320 g/mol. The largest absolute Gasteiger partial charge is 0.310 e. The van der Waals surface area contributed by atoms with Crippen molar-refractivity contribution in [3.05, 3.63) is 52.6 Å². The standard InChI is InChI=1S/C15H15BrN2S/c16-12-5-4-11(10-18-13-6-7-13)14(9-12)19-15-3-1-2-8-17-15/h1-5,8-9,13,18H,6-7,10H2. The average molecular weight is 335 g/mol. The van der Waals surface area contributed by atoms with E-state index in [1.165, 1.54) is 23.3 Å². The van der Waals surface area contributed by atoms with Crippen molar-refractivity contribution >= 4 is 27.7 Å². The third kappa shape index (κ3) is 3.81. The van der Waals surface area contributed by atoms with Crippen molar-refractivity contribution in [3.8, 4) is 0 Å². The first kappa shape index (κ1) is 13.2. The lowest BCUT2D eigenvalue weighted by molar-refractivity contribution is 0.680. The van der Waals surface area contributed by atoms with Crippen LogP contribution in [0, 0.1) is 0 Å². The number of hydrogen-bond acceptors (Lipinski definition) is 3. The number of halogens is 1. The molecule has 1 N–H and O–H groups in total. The average Bonchev–Trinajstić information content (AvgIpc) is 3.23. The minimum Gasteiger partial charge on any atom is -0.310 e. The third-order valence-corrected chi connectivity index (χ3v) is 4.58. The molecule has 2 aromatic rings. The predicted octanol–water partition coefficient (Wildman–Crippen LogP) is 4.25. The summed E-state index contributed by atoms with van der Waals surface area (Å²) < 4.78 is 1.11. The Kier molecular flexibility index (Phi) is 4.21. The fourth-order valence-electron chi connectivity index (χ4n) is 1.83. The molecule has 1 aliphatic carbocycles. The Morgan fingerprint density at radius 1 is 1.26 bits per heavy atom. The normalized spacial score (nSPS) is 14.6. The van der Waals surface area contributed by atoms with Gasteiger partial charge in [0.1, 0.15) is 5.03 Å². The molecular formula is C15H15BrN2S. The van der Waals surface area contributed by atoms with Crippen LogP contribution in [0.2, 0.25) is 0 Å². The summed E-state index contributed by atoms with van der Waals surface area (Å²) in [5, 5.41) is 4.60. The highest BCUT2D eigenvalue weighted by Gasteiger charge is 2.20. The van der Waals surface area contributed by atoms with E-state index >= 15 is 0 Å². The Labute approximate surface area is 126 Å². The Hall–Kier alpha value is -0.840. The summed E-state index contributed by atoms with van der Waals surface area (Å²) in [5.41, 5.74) is 1.34. The summed E-state index contributed by atoms with van der Waals surface area (Å²) in [4.78, 5) is 5.64. The predicted molar refractivity (Wildman–Crippen MR) is 82.4 cm³/mol. The summed E-state index contributed by atoms with van der Waals surface area (Å²) in [5.74, 6) is 0. The first-order chi connectivity index (χ1) is 9.31. The number of nitrogens with zero attached hydrogens (tertiary/aromatic N) is 1. The van der Waals surface area contributed by atoms with E-state index in [-0.39, 0.29) is 0 Å². The lowest BCUT2D eigenvalue weighted by Crippen LogP contribution is -2.15. The zero-order valence-corrected chi connectivity index (χ0v) is 12.9. The van der Waals surface area contributed by atoms with Crippen LogP contribution in [0.3, 0.4) is 0 Å². The van der Waals surface area contributed by atoms with Gasteiger partial charge in [-0.05, 0) is 42.7 Å². The van der Waals surface area contributed by atoms with E-state index < -0.39 is 0 Å². The second-order valence-electron chi connectivity index (χ2n) is 4.68. The highest BCUT2D eigenvalue weighted by Crippen LogP contribution is 2.32. The number of rotatable bonds is 5. The molecule has 1 heterocycles. The van der Waals surface area contributed by atoms with Crippen molar-refractivity contribution < 1.29 is 0 Å². The van der Waals surface area contributed by atoms with Crippen LogP contribution in [0.5, 0.6) is 0 Å². The smallest absolute Gasteiger partial charge is 0.101 e. The number of aromatic nitrogens is 1. The van der Waals surface area contributed by atoms with E-state index in [2.05, 4.69) is 44.4 Å². The van der Waals surface area contributed by atoms with Crippen molar-refractivity contribution in [2.45, 2.75) is 35.3 Å². The highest BCUT2D eigenvalue weighted by atomic mass is 79.9. The summed E-state index contributed by atoms with van der Waals surface area (Å²) >= 11 is 5.27. The van der Waals surface area contributed by atoms with E-state index in [1.807, 2.05) is 24.4 Å². The number of benzene rings is 1. The van der Waals surface area contributed by atoms with Crippen LogP contribution in [0.25, 0.3) is 0 Å². The lowest BCUT2D eigenvalue weighted by Gasteiger charge is -2.10. The fraction of sp³-hybridized carbons (Fsp3) is 0.267. The maximum absolute atomic E-state index is 4.38. The molecule has 4 heteroatoms. The quantitative estimate of drug-likeness (QED) is 0.884. The first-order valence-corrected chi connectivity index (χ1v) is 8.03. The molecule has 0 unspecified atom stereocenters. The molecule has 0 amide bonds. The Balaban J connectivity index is 1.78. The van der Waals surface area contributed by atoms with Crippen LogP contribution in [0.4, 0.5) is 0 Å². The van der Waals surface area contributed by atoms with Gasteiger partial charge in [0.2, 0.25) is 0 Å². The van der Waals surface area contributed by atoms with Gasteiger partial charge >= 0.3 is 0 Å². The summed E-state index contributed by atoms with van der Waals surface area (Å²) in [6.45, 7) is 0.938. The third-order valence-electron chi connectivity index (χ3n) is 3.04. The van der Waals surface area contributed by atoms with Gasteiger partial charge < -0.3 is 5.32 Å². The van der Waals surface area contributed by atoms with Crippen molar-refractivity contribution in [1.82, 2.24) is 10.3 Å². The van der Waals surface area contributed by atoms with Gasteiger partial charge in [0, 0.05) is 28.2 Å². The van der Waals surface area contributed by atoms with Crippen molar-refractivity contribution in [2.75, 3.05) is 0 Å². The van der Waals surface area contributed by atoms with E-state index in [4.69, 9.17) is 0 Å². The lowest BCUT2D eigenvalue weighted by atomic mass is 10.2. The Morgan fingerprint density at radius 2 is 2.16 bits per heavy atom. The maximum Gasteiger partial charge on any atom is 0.101 e. The molecule has 1 aromatic carbocycles. The Bertz CT molecular complexity index is 555. The molecule has 3 rings (SSSR count). The van der Waals surface area contributed by atoms with Gasteiger partial charge in [-0.25, -0.2) is 4.98 Å². The van der Waals surface area contributed by atoms with E-state index in [0.29, 0.717) is 0 Å². The highest BCUT2D eigenvalue weighted by molar-refractivity contribution is 9.10. The van der Waals surface area contributed by atoms with Gasteiger partial charge in [-0.3, -0.25) is 0 Å². The SMILES string of the molecule is Brc1ccc(CNC2CC2)c(Sc2ccccn2)c1. The zero-order valence-electron chi connectivity index (χ0n) is 10.5. The summed E-state index contributed by atoms with van der Waals surface area (Å²) in [6, 6.07) is 13.2. The minimum atomic E-state index is 0.733. The van der Waals surface area contributed by atoms with Crippen LogP contribution in [0.1, 0.15) is 18.4 Å². The molecule has 1 aliphatic rings. The van der Waals surface area contributed by atoms with Crippen molar-refractivity contribution in [3.63, 3.8) is 0 Å². The summed E-state index contributed by atoms with van der Waals surface area (Å²) in [7, 11) is 0. The second-order valence-corrected chi connectivity index (χ2v) is 6.66. The molecule has 1 aromatic heterocycles. The van der Waals surface area contributed by atoms with Crippen LogP contribution in [-0.4, -0.2) is 11.0 Å². The molecule has 1 fully saturated rings. The van der Waals surface area contributed by atoms with Crippen LogP contribution >= 0.6 is 27.7 Å². The van der Waals surface area contributed by atoms with Gasteiger partial charge in [-0.1, -0.05) is 39.8 Å². The second kappa shape index (κ2) is 6.07. The zero-order chi connectivity index (χ0) is 13.1. The van der Waals surface area contributed by atoms with E-state index in [9.17, 15) is 0 Å². The molecule has 1 saturated carbocycles. The molecule has 98 valence electrons. The molecule has 19 heavy (non-hydrogen) atoms. The van der Waals surface area contributed by atoms with Crippen LogP contribution in [0.15, 0.2) is 57.0 Å². The van der Waals surface area contributed by atoms with Crippen LogP contribution < -0.4 is 5.32 Å². The van der Waals surface area contributed by atoms with E-state index in [1.54, 1.807) is 11.8 Å².